The van der Waals surface area contributed by atoms with Crippen LogP contribution in [0.25, 0.3) is 15.7 Å². The summed E-state index contributed by atoms with van der Waals surface area (Å²) in [6, 6.07) is 9.24. The fourth-order valence-electron chi connectivity index (χ4n) is 2.91. The number of hydrogen-bond donors (Lipinski definition) is 1. The molecule has 3 rings (SSSR count). The highest BCUT2D eigenvalue weighted by Gasteiger charge is 2.23. The van der Waals surface area contributed by atoms with E-state index in [1.54, 1.807) is 12.1 Å². The number of aliphatic hydroxyl groups excluding tert-OH is 1. The van der Waals surface area contributed by atoms with Gasteiger partial charge >= 0.3 is 0 Å². The van der Waals surface area contributed by atoms with E-state index >= 15 is 0 Å². The monoisotopic (exact) mass is 312 g/mol. The fourth-order valence-corrected chi connectivity index (χ4v) is 3.91. The zero-order valence-electron chi connectivity index (χ0n) is 12.1. The third-order valence-corrected chi connectivity index (χ3v) is 5.17. The molecule has 0 amide bonds. The Hall–Kier alpha value is -2.19. The molecule has 1 aliphatic rings. The molecule has 0 bridgehead atoms. The molecule has 1 heterocycles. The summed E-state index contributed by atoms with van der Waals surface area (Å²) in [6.07, 6.45) is 5.08. The van der Waals surface area contributed by atoms with E-state index in [4.69, 9.17) is 0 Å². The predicted octanol–water partition coefficient (Wildman–Crippen LogP) is 4.03. The van der Waals surface area contributed by atoms with E-state index < -0.39 is 0 Å². The van der Waals surface area contributed by atoms with Crippen molar-refractivity contribution in [3.05, 3.63) is 45.4 Å². The van der Waals surface area contributed by atoms with E-state index in [1.165, 1.54) is 17.8 Å². The second-order valence-corrected chi connectivity index (χ2v) is 6.56. The summed E-state index contributed by atoms with van der Waals surface area (Å²) < 4.78 is 0.779. The first-order chi connectivity index (χ1) is 10.7. The van der Waals surface area contributed by atoms with Crippen molar-refractivity contribution in [2.45, 2.75) is 32.1 Å². The summed E-state index contributed by atoms with van der Waals surface area (Å²) in [6.45, 7) is 0. The first kappa shape index (κ1) is 14.7. The van der Waals surface area contributed by atoms with Crippen LogP contribution in [0.5, 0.6) is 0 Å². The summed E-state index contributed by atoms with van der Waals surface area (Å²) in [5.41, 5.74) is -0.201. The largest absolute Gasteiger partial charge is 0.511 e. The second kappa shape index (κ2) is 6.29. The number of hydrogen-bond acceptors (Lipinski definition) is 5. The van der Waals surface area contributed by atoms with Crippen molar-refractivity contribution < 1.29 is 5.11 Å². The highest BCUT2D eigenvalue weighted by molar-refractivity contribution is 7.19. The molecule has 0 unspecified atom stereocenters. The lowest BCUT2D eigenvalue weighted by atomic mass is 9.86. The van der Waals surface area contributed by atoms with Crippen molar-refractivity contribution in [1.29, 1.82) is 5.26 Å². The van der Waals surface area contributed by atoms with Crippen LogP contribution in [-0.4, -0.2) is 10.1 Å². The second-order valence-electron chi connectivity index (χ2n) is 5.53. The standard InChI is InChI=1S/C17H16N2O2S/c18-10-13(15(20)11-6-2-1-3-7-11)17-19-16(21)12-8-4-5-9-14(12)22-17/h4-5,8-9,11,20H,1-3,6-7H2/b15-13-. The van der Waals surface area contributed by atoms with E-state index in [0.717, 1.165) is 30.4 Å². The lowest BCUT2D eigenvalue weighted by molar-refractivity contribution is 0.279. The van der Waals surface area contributed by atoms with Crippen molar-refractivity contribution in [3.8, 4) is 6.07 Å². The van der Waals surface area contributed by atoms with Crippen LogP contribution in [0.15, 0.2) is 34.8 Å². The maximum Gasteiger partial charge on any atom is 0.279 e. The van der Waals surface area contributed by atoms with Gasteiger partial charge in [0.1, 0.15) is 22.4 Å². The smallest absolute Gasteiger partial charge is 0.279 e. The summed E-state index contributed by atoms with van der Waals surface area (Å²) in [4.78, 5) is 16.1. The van der Waals surface area contributed by atoms with Gasteiger partial charge in [-0.05, 0) is 25.0 Å². The van der Waals surface area contributed by atoms with Crippen LogP contribution in [0.2, 0.25) is 0 Å². The van der Waals surface area contributed by atoms with Gasteiger partial charge in [-0.2, -0.15) is 10.2 Å². The molecule has 5 heteroatoms. The van der Waals surface area contributed by atoms with E-state index in [1.807, 2.05) is 18.2 Å². The Labute approximate surface area is 132 Å². The minimum atomic E-state index is -0.353. The van der Waals surface area contributed by atoms with Gasteiger partial charge in [-0.15, -0.1) is 11.3 Å². The number of nitriles is 1. The SMILES string of the molecule is N#C/C(=C(/O)C1CCCCC1)c1nc(=O)c2ccccc2s1. The number of rotatable bonds is 2. The molecule has 1 N–H and O–H groups in total. The molecule has 0 spiro atoms. The fraction of sp³-hybridized carbons (Fsp3) is 0.353. The number of aliphatic hydroxyl groups is 1. The topological polar surface area (TPSA) is 74.0 Å². The van der Waals surface area contributed by atoms with Crippen LogP contribution in [0.4, 0.5) is 0 Å². The molecule has 0 radical (unpaired) electrons. The maximum absolute atomic E-state index is 12.1. The Morgan fingerprint density at radius 3 is 2.73 bits per heavy atom. The molecule has 0 atom stereocenters. The van der Waals surface area contributed by atoms with Crippen LogP contribution in [-0.2, 0) is 0 Å². The van der Waals surface area contributed by atoms with Crippen LogP contribution in [0.3, 0.4) is 0 Å². The molecule has 2 aromatic rings. The highest BCUT2D eigenvalue weighted by atomic mass is 32.1. The van der Waals surface area contributed by atoms with Crippen LogP contribution in [0.1, 0.15) is 37.1 Å². The number of allylic oxidation sites excluding steroid dienone is 2. The molecule has 0 saturated heterocycles. The molecule has 112 valence electrons. The van der Waals surface area contributed by atoms with Crippen molar-refractivity contribution in [1.82, 2.24) is 4.98 Å². The molecule has 1 aliphatic carbocycles. The molecule has 1 aromatic heterocycles. The summed E-state index contributed by atoms with van der Waals surface area (Å²) in [7, 11) is 0. The van der Waals surface area contributed by atoms with E-state index in [9.17, 15) is 15.2 Å². The minimum Gasteiger partial charge on any atom is -0.511 e. The number of nitrogens with zero attached hydrogens (tertiary/aromatic N) is 2. The normalized spacial score (nSPS) is 17.0. The predicted molar refractivity (Wildman–Crippen MR) is 87.6 cm³/mol. The van der Waals surface area contributed by atoms with Crippen LogP contribution in [0, 0.1) is 17.2 Å². The third kappa shape index (κ3) is 2.75. The van der Waals surface area contributed by atoms with E-state index in [0.29, 0.717) is 10.4 Å². The molecular formula is C17H16N2O2S. The van der Waals surface area contributed by atoms with Crippen molar-refractivity contribution in [2.24, 2.45) is 5.92 Å². The van der Waals surface area contributed by atoms with Crippen LogP contribution >= 0.6 is 11.3 Å². The Morgan fingerprint density at radius 1 is 1.27 bits per heavy atom. The van der Waals surface area contributed by atoms with Gasteiger partial charge in [0.05, 0.1) is 5.39 Å². The van der Waals surface area contributed by atoms with Gasteiger partial charge in [-0.3, -0.25) is 4.79 Å². The lowest BCUT2D eigenvalue weighted by Crippen LogP contribution is -2.12. The van der Waals surface area contributed by atoms with Crippen molar-refractivity contribution in [2.75, 3.05) is 0 Å². The zero-order chi connectivity index (χ0) is 15.5. The van der Waals surface area contributed by atoms with Crippen molar-refractivity contribution in [3.63, 3.8) is 0 Å². The number of aromatic nitrogens is 1. The third-order valence-electron chi connectivity index (χ3n) is 4.10. The highest BCUT2D eigenvalue weighted by Crippen LogP contribution is 2.33. The van der Waals surface area contributed by atoms with Gasteiger partial charge in [0.2, 0.25) is 0 Å². The van der Waals surface area contributed by atoms with Gasteiger partial charge in [0.25, 0.3) is 5.56 Å². The molecular weight excluding hydrogens is 296 g/mol. The maximum atomic E-state index is 12.1. The van der Waals surface area contributed by atoms with Gasteiger partial charge in [-0.1, -0.05) is 31.4 Å². The minimum absolute atomic E-state index is 0.0129. The zero-order valence-corrected chi connectivity index (χ0v) is 12.9. The lowest BCUT2D eigenvalue weighted by Gasteiger charge is -2.21. The van der Waals surface area contributed by atoms with Gasteiger partial charge in [0, 0.05) is 10.6 Å². The molecule has 0 aliphatic heterocycles. The number of fused-ring (bicyclic) bond motifs is 1. The van der Waals surface area contributed by atoms with Gasteiger partial charge < -0.3 is 5.11 Å². The quantitative estimate of drug-likeness (QED) is 0.671. The van der Waals surface area contributed by atoms with E-state index in [-0.39, 0.29) is 22.8 Å². The Kier molecular flexibility index (Phi) is 4.21. The summed E-state index contributed by atoms with van der Waals surface area (Å²) in [5.74, 6) is 0.111. The summed E-state index contributed by atoms with van der Waals surface area (Å²) in [5, 5.41) is 20.8. The van der Waals surface area contributed by atoms with Gasteiger partial charge in [-0.25, -0.2) is 0 Å². The molecule has 1 fully saturated rings. The average Bonchev–Trinajstić information content (AvgIpc) is 2.56. The molecule has 1 saturated carbocycles. The molecule has 1 aromatic carbocycles. The molecule has 22 heavy (non-hydrogen) atoms. The number of benzene rings is 1. The first-order valence-corrected chi connectivity index (χ1v) is 8.26. The Balaban J connectivity index is 2.11. The Morgan fingerprint density at radius 2 is 2.00 bits per heavy atom. The Bertz CT molecular complexity index is 826. The van der Waals surface area contributed by atoms with Crippen LogP contribution < -0.4 is 5.56 Å². The van der Waals surface area contributed by atoms with Crippen molar-refractivity contribution >= 4 is 27.0 Å². The summed E-state index contributed by atoms with van der Waals surface area (Å²) >= 11 is 1.27. The molecule has 4 nitrogen and oxygen atoms in total. The average molecular weight is 312 g/mol. The van der Waals surface area contributed by atoms with E-state index in [2.05, 4.69) is 4.98 Å². The first-order valence-electron chi connectivity index (χ1n) is 7.44. The van der Waals surface area contributed by atoms with Gasteiger partial charge in [0.15, 0.2) is 0 Å².